The van der Waals surface area contributed by atoms with Gasteiger partial charge in [-0.25, -0.2) is 24.0 Å². The zero-order valence-corrected chi connectivity index (χ0v) is 47.9. The van der Waals surface area contributed by atoms with Crippen molar-refractivity contribution in [3.05, 3.63) is 131 Å². The molecular weight excluding hydrogens is 1060 g/mol. The summed E-state index contributed by atoms with van der Waals surface area (Å²) in [4.78, 5) is 97.9. The molecule has 0 fully saturated rings. The number of carbonyl (C=O) groups is 8. The summed E-state index contributed by atoms with van der Waals surface area (Å²) in [6.45, 7) is 10.3. The molecule has 0 saturated heterocycles. The SMILES string of the molecule is CC(C)(C)OC(=O)N[C@H](Cc1ccccc1)C(=O)O.COC(=O)[C@H](Cc1ccc(O)cc1)NC(=O)[C@@H](N)CSC.COC(=O)[C@H](Cc1ccc(O)cc1)NC(=O)[C@H](CSC)NC(=O)[C@@H](Cc1ccccc1)NC(=O)OC(C)(C)C. The van der Waals surface area contributed by atoms with E-state index in [0.29, 0.717) is 11.3 Å². The summed E-state index contributed by atoms with van der Waals surface area (Å²) in [6, 6.07) is 25.4. The lowest BCUT2D eigenvalue weighted by atomic mass is 10.0. The lowest BCUT2D eigenvalue weighted by molar-refractivity contribution is -0.145. The molecule has 0 radical (unpaired) electrons. The fourth-order valence-electron chi connectivity index (χ4n) is 6.84. The molecule has 0 heterocycles. The number of ether oxygens (including phenoxy) is 4. The number of benzene rings is 4. The number of methoxy groups -OCH3 is 2. The summed E-state index contributed by atoms with van der Waals surface area (Å²) in [5.41, 5.74) is 7.43. The molecule has 4 aromatic rings. The van der Waals surface area contributed by atoms with Crippen LogP contribution in [0.3, 0.4) is 0 Å². The normalized spacial score (nSPS) is 13.2. The standard InChI is InChI=1S/C28H37N3O7S.C14H20N2O4S.C14H19NO4/c1-28(2,3)38-27(36)31-21(15-18-9-7-6-8-10-18)24(33)30-23(17-39-5)25(34)29-22(26(35)37-4)16-19-11-13-20(32)14-12-19;1-20-14(19)12(16-13(18)11(15)8-21-2)7-9-3-5-10(17)6-4-9;1-14(2,3)19-13(18)15-11(12(16)17)9-10-7-5-4-6-8-10/h6-14,21-23,32H,15-17H2,1-5H3,(H,29,34)(H,30,33)(H,31,36);3-6,11-12,17H,7-8,15H2,1-2H3,(H,16,18);4-8,11H,9H2,1-3H3,(H,15,18)(H,16,17)/t21-,22+,23+;11-,12-;11-/m101/s1. The van der Waals surface area contributed by atoms with Gasteiger partial charge >= 0.3 is 30.1 Å². The molecule has 0 aliphatic rings. The minimum atomic E-state index is -1.09. The van der Waals surface area contributed by atoms with Gasteiger partial charge in [-0.1, -0.05) is 84.9 Å². The molecule has 0 aliphatic carbocycles. The number of carboxylic acids is 1. The first-order chi connectivity index (χ1) is 37.2. The van der Waals surface area contributed by atoms with Crippen LogP contribution in [0.5, 0.6) is 11.5 Å². The molecule has 5 amide bonds. The molecule has 0 saturated carbocycles. The fraction of sp³-hybridized carbons (Fsp3) is 0.429. The van der Waals surface area contributed by atoms with Crippen molar-refractivity contribution in [1.29, 1.82) is 0 Å². The van der Waals surface area contributed by atoms with E-state index in [2.05, 4.69) is 26.6 Å². The van der Waals surface area contributed by atoms with Gasteiger partial charge in [0.05, 0.1) is 20.3 Å². The number of amides is 5. The predicted octanol–water partition coefficient (Wildman–Crippen LogP) is 5.07. The van der Waals surface area contributed by atoms with Crippen molar-refractivity contribution < 1.29 is 72.6 Å². The number of phenolic OH excluding ortho intramolecular Hbond substituents is 2. The molecule has 0 bridgehead atoms. The highest BCUT2D eigenvalue weighted by Gasteiger charge is 2.32. The molecule has 21 nitrogen and oxygen atoms in total. The van der Waals surface area contributed by atoms with Crippen LogP contribution in [0, 0.1) is 0 Å². The van der Waals surface area contributed by atoms with E-state index in [0.717, 1.165) is 16.7 Å². The maximum Gasteiger partial charge on any atom is 0.408 e. The first-order valence-corrected chi connectivity index (χ1v) is 27.6. The number of hydrogen-bond donors (Lipinski definition) is 9. The Hall–Kier alpha value is -7.50. The molecule has 6 atom stereocenters. The van der Waals surface area contributed by atoms with Gasteiger partial charge in [0.1, 0.15) is 52.9 Å². The molecule has 0 spiro atoms. The monoisotopic (exact) mass is 1140 g/mol. The van der Waals surface area contributed by atoms with Crippen molar-refractivity contribution in [3.8, 4) is 11.5 Å². The van der Waals surface area contributed by atoms with Crippen LogP contribution in [0.2, 0.25) is 0 Å². The van der Waals surface area contributed by atoms with Crippen molar-refractivity contribution in [2.75, 3.05) is 38.2 Å². The number of hydrogen-bond acceptors (Lipinski definition) is 17. The van der Waals surface area contributed by atoms with Gasteiger partial charge in [-0.05, 0) is 101 Å². The van der Waals surface area contributed by atoms with Crippen LogP contribution < -0.4 is 32.3 Å². The third kappa shape index (κ3) is 28.1. The van der Waals surface area contributed by atoms with Crippen LogP contribution in [-0.2, 0) is 73.4 Å². The Balaban J connectivity index is 0.000000448. The summed E-state index contributed by atoms with van der Waals surface area (Å²) in [5.74, 6) is -2.92. The van der Waals surface area contributed by atoms with Crippen LogP contribution in [0.15, 0.2) is 109 Å². The van der Waals surface area contributed by atoms with Gasteiger partial charge in [0.2, 0.25) is 17.7 Å². The molecule has 10 N–H and O–H groups in total. The van der Waals surface area contributed by atoms with Gasteiger partial charge in [-0.3, -0.25) is 14.4 Å². The second kappa shape index (κ2) is 34.4. The van der Waals surface area contributed by atoms with E-state index in [1.54, 1.807) is 72.1 Å². The maximum absolute atomic E-state index is 13.4. The highest BCUT2D eigenvalue weighted by Crippen LogP contribution is 2.15. The van der Waals surface area contributed by atoms with Crippen molar-refractivity contribution in [3.63, 3.8) is 0 Å². The number of nitrogens with two attached hydrogens (primary N) is 1. The summed E-state index contributed by atoms with van der Waals surface area (Å²) in [7, 11) is 2.48. The van der Waals surface area contributed by atoms with E-state index in [-0.39, 0.29) is 42.9 Å². The fourth-order valence-corrected chi connectivity index (χ4v) is 7.92. The summed E-state index contributed by atoms with van der Waals surface area (Å²) in [5, 5.41) is 40.8. The average molecular weight is 1140 g/mol. The Kier molecular flexibility index (Phi) is 29.4. The number of thioether (sulfide) groups is 2. The molecular formula is C56H76N6O15S2. The third-order valence-corrected chi connectivity index (χ3v) is 11.9. The number of esters is 2. The van der Waals surface area contributed by atoms with Crippen molar-refractivity contribution in [2.24, 2.45) is 5.73 Å². The summed E-state index contributed by atoms with van der Waals surface area (Å²) in [6.07, 6.45) is 2.92. The summed E-state index contributed by atoms with van der Waals surface area (Å²) < 4.78 is 19.9. The highest BCUT2D eigenvalue weighted by molar-refractivity contribution is 7.98. The molecule has 0 unspecified atom stereocenters. The number of carbonyl (C=O) groups excluding carboxylic acids is 7. The zero-order chi connectivity index (χ0) is 59.3. The minimum absolute atomic E-state index is 0.0743. The average Bonchev–Trinajstić information content (AvgIpc) is 3.38. The van der Waals surface area contributed by atoms with Gasteiger partial charge in [0, 0.05) is 37.2 Å². The molecule has 4 rings (SSSR count). The first kappa shape index (κ1) is 67.6. The second-order valence-electron chi connectivity index (χ2n) is 19.6. The van der Waals surface area contributed by atoms with E-state index in [9.17, 15) is 48.6 Å². The van der Waals surface area contributed by atoms with E-state index < -0.39 is 95.3 Å². The quantitative estimate of drug-likeness (QED) is 0.0346. The molecule has 4 aromatic carbocycles. The number of aliphatic carboxylic acids is 1. The zero-order valence-electron chi connectivity index (χ0n) is 46.2. The smallest absolute Gasteiger partial charge is 0.408 e. The number of carboxylic acid groups (broad SMARTS) is 1. The van der Waals surface area contributed by atoms with E-state index >= 15 is 0 Å². The highest BCUT2D eigenvalue weighted by atomic mass is 32.2. The largest absolute Gasteiger partial charge is 0.508 e. The lowest BCUT2D eigenvalue weighted by Gasteiger charge is -2.26. The van der Waals surface area contributed by atoms with E-state index in [1.165, 1.54) is 62.0 Å². The van der Waals surface area contributed by atoms with E-state index in [4.69, 9.17) is 29.8 Å². The molecule has 0 aliphatic heterocycles. The number of phenols is 2. The molecule has 432 valence electrons. The Bertz CT molecular complexity index is 2550. The van der Waals surface area contributed by atoms with Gasteiger partial charge in [0.25, 0.3) is 0 Å². The third-order valence-electron chi connectivity index (χ3n) is 10.6. The van der Waals surface area contributed by atoms with Crippen LogP contribution in [-0.4, -0.2) is 149 Å². The van der Waals surface area contributed by atoms with E-state index in [1.807, 2.05) is 66.9 Å². The Morgan fingerprint density at radius 1 is 0.468 bits per heavy atom. The Labute approximate surface area is 470 Å². The van der Waals surface area contributed by atoms with Gasteiger partial charge in [-0.15, -0.1) is 0 Å². The van der Waals surface area contributed by atoms with Crippen molar-refractivity contribution >= 4 is 71.3 Å². The van der Waals surface area contributed by atoms with Gasteiger partial charge in [-0.2, -0.15) is 23.5 Å². The molecule has 23 heteroatoms. The minimum Gasteiger partial charge on any atom is -0.508 e. The lowest BCUT2D eigenvalue weighted by Crippen LogP contribution is -2.57. The van der Waals surface area contributed by atoms with Gasteiger partial charge in [0.15, 0.2) is 0 Å². The first-order valence-electron chi connectivity index (χ1n) is 24.8. The van der Waals surface area contributed by atoms with Crippen molar-refractivity contribution in [2.45, 2.75) is 115 Å². The predicted molar refractivity (Wildman–Crippen MR) is 302 cm³/mol. The van der Waals surface area contributed by atoms with Crippen LogP contribution in [0.4, 0.5) is 9.59 Å². The maximum atomic E-state index is 13.4. The molecule has 79 heavy (non-hydrogen) atoms. The Morgan fingerprint density at radius 3 is 1.16 bits per heavy atom. The Morgan fingerprint density at radius 2 is 0.797 bits per heavy atom. The second-order valence-corrected chi connectivity index (χ2v) is 21.4. The van der Waals surface area contributed by atoms with Crippen LogP contribution >= 0.6 is 23.5 Å². The number of alkyl carbamates (subject to hydrolysis) is 2. The number of aromatic hydroxyl groups is 2. The summed E-state index contributed by atoms with van der Waals surface area (Å²) >= 11 is 2.79. The van der Waals surface area contributed by atoms with Gasteiger partial charge < -0.3 is 66.6 Å². The van der Waals surface area contributed by atoms with Crippen LogP contribution in [0.1, 0.15) is 63.8 Å². The number of nitrogens with one attached hydrogen (secondary N) is 5. The topological polar surface area (TPSA) is 320 Å². The van der Waals surface area contributed by atoms with Crippen LogP contribution in [0.25, 0.3) is 0 Å². The molecule has 0 aromatic heterocycles. The van der Waals surface area contributed by atoms with Crippen molar-refractivity contribution in [1.82, 2.24) is 26.6 Å². The number of rotatable bonds is 23.